The Bertz CT molecular complexity index is 371. The lowest BCUT2D eigenvalue weighted by Gasteiger charge is -2.33. The molecule has 0 amide bonds. The van der Waals surface area contributed by atoms with Gasteiger partial charge in [-0.15, -0.1) is 0 Å². The molecule has 2 atom stereocenters. The van der Waals surface area contributed by atoms with Gasteiger partial charge in [-0.1, -0.05) is 0 Å². The van der Waals surface area contributed by atoms with Crippen LogP contribution in [0.4, 0.5) is 0 Å². The van der Waals surface area contributed by atoms with E-state index in [1.165, 1.54) is 24.0 Å². The maximum absolute atomic E-state index is 5.61. The van der Waals surface area contributed by atoms with Gasteiger partial charge in [0.05, 0.1) is 11.2 Å². The van der Waals surface area contributed by atoms with Crippen molar-refractivity contribution >= 4 is 15.9 Å². The third kappa shape index (κ3) is 1.83. The molecule has 4 heteroatoms. The molecule has 1 saturated heterocycles. The number of fused-ring (bicyclic) bond motifs is 1. The fraction of sp³-hybridized carbons (Fsp3) is 0.667. The van der Waals surface area contributed by atoms with Gasteiger partial charge in [0.2, 0.25) is 0 Å². The Morgan fingerprint density at radius 3 is 3.19 bits per heavy atom. The minimum atomic E-state index is 0.617. The molecule has 1 fully saturated rings. The Balaban J connectivity index is 1.86. The van der Waals surface area contributed by atoms with E-state index in [4.69, 9.17) is 4.74 Å². The third-order valence-corrected chi connectivity index (χ3v) is 4.51. The molecule has 3 nitrogen and oxygen atoms in total. The van der Waals surface area contributed by atoms with E-state index >= 15 is 0 Å². The summed E-state index contributed by atoms with van der Waals surface area (Å²) in [6.45, 7) is 3.93. The topological polar surface area (TPSA) is 37.0 Å². The quantitative estimate of drug-likeness (QED) is 0.831. The molecule has 0 spiro atoms. The van der Waals surface area contributed by atoms with Crippen molar-refractivity contribution in [3.63, 3.8) is 0 Å². The summed E-state index contributed by atoms with van der Waals surface area (Å²) in [7, 11) is 0. The van der Waals surface area contributed by atoms with E-state index in [1.807, 2.05) is 0 Å². The van der Waals surface area contributed by atoms with Crippen LogP contribution < -0.4 is 5.32 Å². The number of ether oxygens (including phenoxy) is 1. The SMILES string of the molecule is Brc1[nH]cc2c1CNCC2C1CCCOC1. The van der Waals surface area contributed by atoms with Crippen molar-refractivity contribution in [1.82, 2.24) is 10.3 Å². The van der Waals surface area contributed by atoms with Crippen LogP contribution in [0.1, 0.15) is 29.9 Å². The van der Waals surface area contributed by atoms with Gasteiger partial charge in [-0.3, -0.25) is 0 Å². The summed E-state index contributed by atoms with van der Waals surface area (Å²) in [4.78, 5) is 3.28. The van der Waals surface area contributed by atoms with Crippen LogP contribution >= 0.6 is 15.9 Å². The molecule has 3 heterocycles. The second kappa shape index (κ2) is 4.51. The number of aromatic amines is 1. The van der Waals surface area contributed by atoms with Gasteiger partial charge < -0.3 is 15.0 Å². The van der Waals surface area contributed by atoms with E-state index in [-0.39, 0.29) is 0 Å². The Kier molecular flexibility index (Phi) is 3.05. The van der Waals surface area contributed by atoms with Crippen LogP contribution in [-0.4, -0.2) is 24.7 Å². The monoisotopic (exact) mass is 284 g/mol. The zero-order chi connectivity index (χ0) is 11.0. The second-order valence-electron chi connectivity index (χ2n) is 4.75. The maximum Gasteiger partial charge on any atom is 0.0868 e. The van der Waals surface area contributed by atoms with Crippen LogP contribution in [0.25, 0.3) is 0 Å². The Morgan fingerprint density at radius 1 is 1.44 bits per heavy atom. The molecule has 2 unspecified atom stereocenters. The summed E-state index contributed by atoms with van der Waals surface area (Å²) in [5.74, 6) is 1.30. The summed E-state index contributed by atoms with van der Waals surface area (Å²) < 4.78 is 6.74. The molecule has 2 N–H and O–H groups in total. The first-order chi connectivity index (χ1) is 7.86. The van der Waals surface area contributed by atoms with Crippen molar-refractivity contribution in [2.75, 3.05) is 19.8 Å². The van der Waals surface area contributed by atoms with Crippen molar-refractivity contribution in [3.8, 4) is 0 Å². The summed E-state index contributed by atoms with van der Waals surface area (Å²) >= 11 is 3.58. The number of hydrogen-bond donors (Lipinski definition) is 2. The number of H-pyrrole nitrogens is 1. The maximum atomic E-state index is 5.61. The summed E-state index contributed by atoms with van der Waals surface area (Å²) in [6, 6.07) is 0. The minimum absolute atomic E-state index is 0.617. The lowest BCUT2D eigenvalue weighted by Crippen LogP contribution is -2.35. The lowest BCUT2D eigenvalue weighted by atomic mass is 9.80. The molecule has 0 radical (unpaired) electrons. The molecule has 2 aliphatic rings. The number of halogens is 1. The predicted octanol–water partition coefficient (Wildman–Crippen LogP) is 2.39. The molecule has 16 heavy (non-hydrogen) atoms. The highest BCUT2D eigenvalue weighted by atomic mass is 79.9. The first-order valence-electron chi connectivity index (χ1n) is 6.00. The molecular weight excluding hydrogens is 268 g/mol. The summed E-state index contributed by atoms with van der Waals surface area (Å²) in [6.07, 6.45) is 4.68. The van der Waals surface area contributed by atoms with Gasteiger partial charge in [0.15, 0.2) is 0 Å². The molecule has 2 aliphatic heterocycles. The van der Waals surface area contributed by atoms with Crippen LogP contribution in [0.5, 0.6) is 0 Å². The largest absolute Gasteiger partial charge is 0.381 e. The summed E-state index contributed by atoms with van der Waals surface area (Å²) in [5.41, 5.74) is 2.89. The molecular formula is C12H17BrN2O. The number of nitrogens with one attached hydrogen (secondary N) is 2. The molecule has 0 saturated carbocycles. The fourth-order valence-electron chi connectivity index (χ4n) is 2.92. The van der Waals surface area contributed by atoms with Crippen LogP contribution in [-0.2, 0) is 11.3 Å². The van der Waals surface area contributed by atoms with Gasteiger partial charge in [0, 0.05) is 37.4 Å². The van der Waals surface area contributed by atoms with E-state index < -0.39 is 0 Å². The smallest absolute Gasteiger partial charge is 0.0868 e. The first kappa shape index (κ1) is 10.8. The second-order valence-corrected chi connectivity index (χ2v) is 5.54. The van der Waals surface area contributed by atoms with E-state index in [0.29, 0.717) is 11.8 Å². The Hall–Kier alpha value is -0.320. The van der Waals surface area contributed by atoms with Crippen LogP contribution in [0, 0.1) is 5.92 Å². The van der Waals surface area contributed by atoms with E-state index in [9.17, 15) is 0 Å². The molecule has 88 valence electrons. The minimum Gasteiger partial charge on any atom is -0.381 e. The molecule has 0 aliphatic carbocycles. The van der Waals surface area contributed by atoms with Gasteiger partial charge in [-0.05, 0) is 40.3 Å². The van der Waals surface area contributed by atoms with Crippen LogP contribution in [0.2, 0.25) is 0 Å². The number of hydrogen-bond acceptors (Lipinski definition) is 2. The highest BCUT2D eigenvalue weighted by Crippen LogP contribution is 2.36. The predicted molar refractivity (Wildman–Crippen MR) is 66.5 cm³/mol. The average Bonchev–Trinajstić information content (AvgIpc) is 2.73. The number of aromatic nitrogens is 1. The lowest BCUT2D eigenvalue weighted by molar-refractivity contribution is 0.0429. The standard InChI is InChI=1S/C12H17BrN2O/c13-12-11-5-14-4-9(10(11)6-15-12)8-2-1-3-16-7-8/h6,8-9,14-15H,1-5,7H2. The van der Waals surface area contributed by atoms with Crippen molar-refractivity contribution in [2.45, 2.75) is 25.3 Å². The fourth-order valence-corrected chi connectivity index (χ4v) is 3.40. The molecule has 3 rings (SSSR count). The Labute approximate surface area is 104 Å². The summed E-state index contributed by atoms with van der Waals surface area (Å²) in [5, 5.41) is 3.51. The molecule has 0 aromatic carbocycles. The Morgan fingerprint density at radius 2 is 2.38 bits per heavy atom. The van der Waals surface area contributed by atoms with Crippen LogP contribution in [0.3, 0.4) is 0 Å². The highest BCUT2D eigenvalue weighted by Gasteiger charge is 2.30. The van der Waals surface area contributed by atoms with Crippen molar-refractivity contribution < 1.29 is 4.74 Å². The molecule has 0 bridgehead atoms. The van der Waals surface area contributed by atoms with E-state index in [0.717, 1.165) is 30.9 Å². The molecule has 1 aromatic heterocycles. The van der Waals surface area contributed by atoms with E-state index in [2.05, 4.69) is 32.4 Å². The van der Waals surface area contributed by atoms with Gasteiger partial charge in [-0.2, -0.15) is 0 Å². The van der Waals surface area contributed by atoms with Gasteiger partial charge in [-0.25, -0.2) is 0 Å². The zero-order valence-electron chi connectivity index (χ0n) is 9.26. The van der Waals surface area contributed by atoms with E-state index in [1.54, 1.807) is 0 Å². The third-order valence-electron chi connectivity index (χ3n) is 3.80. The average molecular weight is 285 g/mol. The normalized spacial score (nSPS) is 30.1. The van der Waals surface area contributed by atoms with Gasteiger partial charge in [0.25, 0.3) is 0 Å². The zero-order valence-corrected chi connectivity index (χ0v) is 10.8. The highest BCUT2D eigenvalue weighted by molar-refractivity contribution is 9.10. The van der Waals surface area contributed by atoms with Crippen LogP contribution in [0.15, 0.2) is 10.8 Å². The van der Waals surface area contributed by atoms with Crippen molar-refractivity contribution in [2.24, 2.45) is 5.92 Å². The first-order valence-corrected chi connectivity index (χ1v) is 6.79. The van der Waals surface area contributed by atoms with Crippen molar-refractivity contribution in [3.05, 3.63) is 21.9 Å². The van der Waals surface area contributed by atoms with Gasteiger partial charge >= 0.3 is 0 Å². The van der Waals surface area contributed by atoms with Crippen molar-refractivity contribution in [1.29, 1.82) is 0 Å². The number of rotatable bonds is 1. The molecule has 1 aromatic rings. The van der Waals surface area contributed by atoms with Gasteiger partial charge in [0.1, 0.15) is 0 Å².